The van der Waals surface area contributed by atoms with E-state index in [-0.39, 0.29) is 30.9 Å². The molecule has 9 heteroatoms. The van der Waals surface area contributed by atoms with E-state index in [2.05, 4.69) is 26.8 Å². The fourth-order valence-corrected chi connectivity index (χ4v) is 4.04. The van der Waals surface area contributed by atoms with E-state index in [4.69, 9.17) is 25.8 Å². The third kappa shape index (κ3) is 4.18. The van der Waals surface area contributed by atoms with Gasteiger partial charge in [-0.1, -0.05) is 35.6 Å². The van der Waals surface area contributed by atoms with E-state index < -0.39 is 11.7 Å². The number of aliphatic hydroxyl groups is 2. The highest BCUT2D eigenvalue weighted by Crippen LogP contribution is 2.32. The molecule has 0 radical (unpaired) electrons. The molecule has 3 aromatic rings. The number of benzene rings is 1. The molecule has 2 aliphatic rings. The molecule has 2 aromatic heterocycles. The molecule has 8 nitrogen and oxygen atoms in total. The minimum Gasteiger partial charge on any atom is -0.456 e. The summed E-state index contributed by atoms with van der Waals surface area (Å²) >= 11 is 6.49. The number of imidazole rings is 1. The Bertz CT molecular complexity index is 1210. The van der Waals surface area contributed by atoms with Crippen LogP contribution in [0.15, 0.2) is 30.3 Å². The summed E-state index contributed by atoms with van der Waals surface area (Å²) in [4.78, 5) is 12.1. The van der Waals surface area contributed by atoms with E-state index in [1.165, 1.54) is 0 Å². The monoisotopic (exact) mass is 455 g/mol. The fourth-order valence-electron chi connectivity index (χ4n) is 3.78. The molecule has 3 N–H and O–H groups in total. The van der Waals surface area contributed by atoms with Crippen LogP contribution < -0.4 is 4.74 Å². The van der Waals surface area contributed by atoms with Gasteiger partial charge in [0.15, 0.2) is 11.8 Å². The fraction of sp³-hybridized carbons (Fsp3) is 0.391. The van der Waals surface area contributed by atoms with Crippen molar-refractivity contribution in [2.75, 3.05) is 13.2 Å². The highest BCUT2D eigenvalue weighted by molar-refractivity contribution is 6.33. The van der Waals surface area contributed by atoms with Crippen molar-refractivity contribution in [3.05, 3.63) is 40.9 Å². The summed E-state index contributed by atoms with van der Waals surface area (Å²) in [5.41, 5.74) is 2.24. The lowest BCUT2D eigenvalue weighted by atomic mass is 10.1. The molecule has 2 fully saturated rings. The Morgan fingerprint density at radius 1 is 1.16 bits per heavy atom. The number of rotatable bonds is 3. The number of pyridine rings is 1. The van der Waals surface area contributed by atoms with Gasteiger partial charge in [-0.15, -0.1) is 0 Å². The second kappa shape index (κ2) is 8.03. The van der Waals surface area contributed by atoms with Crippen LogP contribution in [0.3, 0.4) is 0 Å². The van der Waals surface area contributed by atoms with Crippen LogP contribution in [0.2, 0.25) is 5.02 Å². The van der Waals surface area contributed by atoms with Crippen molar-refractivity contribution >= 4 is 22.8 Å². The number of fused-ring (bicyclic) bond motifs is 2. The van der Waals surface area contributed by atoms with Gasteiger partial charge in [0.25, 0.3) is 6.01 Å². The summed E-state index contributed by atoms with van der Waals surface area (Å²) < 4.78 is 17.1. The van der Waals surface area contributed by atoms with E-state index in [1.54, 1.807) is 19.9 Å². The Morgan fingerprint density at radius 2 is 1.91 bits per heavy atom. The van der Waals surface area contributed by atoms with Crippen molar-refractivity contribution in [2.45, 2.75) is 43.9 Å². The Hall–Kier alpha value is -2.67. The zero-order valence-electron chi connectivity index (χ0n) is 17.5. The van der Waals surface area contributed by atoms with Gasteiger partial charge in [0.2, 0.25) is 0 Å². The molecule has 4 heterocycles. The number of halogens is 1. The second-order valence-electron chi connectivity index (χ2n) is 8.44. The van der Waals surface area contributed by atoms with Crippen molar-refractivity contribution in [2.24, 2.45) is 0 Å². The summed E-state index contributed by atoms with van der Waals surface area (Å²) in [6.07, 6.45) is -1.71. The lowest BCUT2D eigenvalue weighted by Gasteiger charge is -2.15. The van der Waals surface area contributed by atoms with Gasteiger partial charge in [-0.3, -0.25) is 0 Å². The summed E-state index contributed by atoms with van der Waals surface area (Å²) in [7, 11) is 0. The molecule has 4 atom stereocenters. The van der Waals surface area contributed by atoms with Crippen LogP contribution in [-0.2, 0) is 9.47 Å². The summed E-state index contributed by atoms with van der Waals surface area (Å²) in [6.45, 7) is 3.82. The number of hydrogen-bond acceptors (Lipinski definition) is 7. The largest absolute Gasteiger partial charge is 0.456 e. The van der Waals surface area contributed by atoms with Crippen molar-refractivity contribution in [1.29, 1.82) is 0 Å². The van der Waals surface area contributed by atoms with Crippen LogP contribution in [0.4, 0.5) is 0 Å². The molecule has 1 aromatic carbocycles. The van der Waals surface area contributed by atoms with Gasteiger partial charge in [0, 0.05) is 11.1 Å². The third-order valence-corrected chi connectivity index (χ3v) is 5.61. The van der Waals surface area contributed by atoms with Gasteiger partial charge < -0.3 is 29.4 Å². The maximum absolute atomic E-state index is 9.88. The first kappa shape index (κ1) is 21.2. The molecular formula is C23H22ClN3O5. The van der Waals surface area contributed by atoms with Crippen molar-refractivity contribution < 1.29 is 24.4 Å². The molecule has 0 saturated carbocycles. The first-order valence-corrected chi connectivity index (χ1v) is 10.6. The van der Waals surface area contributed by atoms with Crippen molar-refractivity contribution in [3.63, 3.8) is 0 Å². The van der Waals surface area contributed by atoms with E-state index in [0.717, 1.165) is 11.1 Å². The van der Waals surface area contributed by atoms with E-state index >= 15 is 0 Å². The Labute approximate surface area is 189 Å². The van der Waals surface area contributed by atoms with Crippen LogP contribution in [-0.4, -0.2) is 68.4 Å². The molecule has 0 spiro atoms. The number of aromatic amines is 1. The molecule has 4 unspecified atom stereocenters. The number of hydrogen-bond donors (Lipinski definition) is 3. The molecule has 32 heavy (non-hydrogen) atoms. The molecule has 0 aliphatic carbocycles. The van der Waals surface area contributed by atoms with E-state index in [1.807, 2.05) is 24.3 Å². The van der Waals surface area contributed by atoms with Gasteiger partial charge in [-0.2, -0.15) is 4.98 Å². The number of ether oxygens (including phenoxy) is 3. The summed E-state index contributed by atoms with van der Waals surface area (Å²) in [6, 6.07) is 9.49. The normalized spacial score (nSPS) is 24.9. The van der Waals surface area contributed by atoms with E-state index in [9.17, 15) is 10.2 Å². The quantitative estimate of drug-likeness (QED) is 0.520. The molecule has 0 amide bonds. The first-order valence-electron chi connectivity index (χ1n) is 10.3. The Balaban J connectivity index is 1.37. The van der Waals surface area contributed by atoms with Gasteiger partial charge in [-0.25, -0.2) is 4.98 Å². The molecule has 2 saturated heterocycles. The van der Waals surface area contributed by atoms with Gasteiger partial charge in [0.05, 0.1) is 29.4 Å². The minimum atomic E-state index is -1.05. The predicted octanol–water partition coefficient (Wildman–Crippen LogP) is 2.31. The number of nitrogens with zero attached hydrogens (tertiary/aromatic N) is 2. The number of aliphatic hydroxyl groups excluding tert-OH is 1. The van der Waals surface area contributed by atoms with Gasteiger partial charge >= 0.3 is 0 Å². The lowest BCUT2D eigenvalue weighted by Crippen LogP contribution is -2.34. The third-order valence-electron chi connectivity index (χ3n) is 5.32. The van der Waals surface area contributed by atoms with Gasteiger partial charge in [-0.05, 0) is 32.0 Å². The lowest BCUT2D eigenvalue weighted by molar-refractivity contribution is 0.00706. The van der Waals surface area contributed by atoms with Crippen LogP contribution in [0.1, 0.15) is 19.4 Å². The summed E-state index contributed by atoms with van der Waals surface area (Å²) in [5, 5.41) is 20.1. The zero-order valence-corrected chi connectivity index (χ0v) is 18.3. The molecule has 5 rings (SSSR count). The molecule has 0 bridgehead atoms. The van der Waals surface area contributed by atoms with Gasteiger partial charge in [0.1, 0.15) is 23.9 Å². The smallest absolute Gasteiger partial charge is 0.296 e. The van der Waals surface area contributed by atoms with E-state index in [0.29, 0.717) is 28.5 Å². The topological polar surface area (TPSA) is 110 Å². The Kier molecular flexibility index (Phi) is 5.32. The SMILES string of the molecule is CC(C)(O)C#Cc1ccc(-c2nc3nc(OC4COC5C(O)COC45)[nH]c3cc2Cl)cc1. The standard InChI is InChI=1S/C23H22ClN3O5/c1-23(2,29)8-7-12-3-5-13(6-4-12)18-14(24)9-15-21(26-18)27-22(25-15)32-17-11-31-19-16(28)10-30-20(17)19/h3-6,9,16-17,19-20,28-29H,10-11H2,1-2H3,(H,25,26,27). The van der Waals surface area contributed by atoms with Crippen LogP contribution in [0, 0.1) is 11.8 Å². The van der Waals surface area contributed by atoms with Crippen molar-refractivity contribution in [1.82, 2.24) is 15.0 Å². The first-order chi connectivity index (χ1) is 15.3. The van der Waals surface area contributed by atoms with Crippen LogP contribution in [0.25, 0.3) is 22.4 Å². The molecular weight excluding hydrogens is 434 g/mol. The number of nitrogens with one attached hydrogen (secondary N) is 1. The maximum Gasteiger partial charge on any atom is 0.296 e. The van der Waals surface area contributed by atoms with Crippen LogP contribution >= 0.6 is 11.6 Å². The Morgan fingerprint density at radius 3 is 2.66 bits per heavy atom. The maximum atomic E-state index is 9.88. The number of aromatic nitrogens is 3. The molecule has 2 aliphatic heterocycles. The van der Waals surface area contributed by atoms with Crippen molar-refractivity contribution in [3.8, 4) is 29.1 Å². The minimum absolute atomic E-state index is 0.234. The summed E-state index contributed by atoms with van der Waals surface area (Å²) in [5.74, 6) is 5.73. The average Bonchev–Trinajstić information content (AvgIpc) is 3.43. The highest BCUT2D eigenvalue weighted by Gasteiger charge is 2.48. The predicted molar refractivity (Wildman–Crippen MR) is 117 cm³/mol. The van der Waals surface area contributed by atoms with Crippen LogP contribution in [0.5, 0.6) is 6.01 Å². The zero-order chi connectivity index (χ0) is 22.5. The highest BCUT2D eigenvalue weighted by atomic mass is 35.5. The average molecular weight is 456 g/mol. The second-order valence-corrected chi connectivity index (χ2v) is 8.85. The molecule has 166 valence electrons. The number of H-pyrrole nitrogens is 1.